The van der Waals surface area contributed by atoms with Gasteiger partial charge in [-0.15, -0.1) is 0 Å². The van der Waals surface area contributed by atoms with Crippen molar-refractivity contribution in [1.82, 2.24) is 4.68 Å². The summed E-state index contributed by atoms with van der Waals surface area (Å²) in [6.45, 7) is 0.183. The predicted octanol–water partition coefficient (Wildman–Crippen LogP) is 1.43. The molecule has 2 aromatic rings. The molecule has 0 saturated heterocycles. The molecule has 1 aromatic heterocycles. The average Bonchev–Trinajstić information content (AvgIpc) is 2.84. The van der Waals surface area contributed by atoms with E-state index in [4.69, 9.17) is 0 Å². The van der Waals surface area contributed by atoms with Crippen LogP contribution in [0, 0.1) is 0 Å². The molecule has 0 unspecified atom stereocenters. The Labute approximate surface area is 105 Å². The summed E-state index contributed by atoms with van der Waals surface area (Å²) >= 11 is 0. The lowest BCUT2D eigenvalue weighted by Gasteiger charge is -2.18. The third kappa shape index (κ3) is 1.62. The molecule has 0 atom stereocenters. The van der Waals surface area contributed by atoms with Gasteiger partial charge in [-0.25, -0.2) is 0 Å². The van der Waals surface area contributed by atoms with Gasteiger partial charge in [0.1, 0.15) is 6.54 Å². The van der Waals surface area contributed by atoms with Gasteiger partial charge in [0.2, 0.25) is 0 Å². The van der Waals surface area contributed by atoms with Gasteiger partial charge >= 0.3 is 0 Å². The number of aliphatic imine (C=N–C) groups is 1. The summed E-state index contributed by atoms with van der Waals surface area (Å²) in [6, 6.07) is 13.8. The van der Waals surface area contributed by atoms with Crippen LogP contribution in [0.2, 0.25) is 0 Å². The van der Waals surface area contributed by atoms with E-state index >= 15 is 0 Å². The average molecular weight is 239 g/mol. The molecule has 2 heterocycles. The van der Waals surface area contributed by atoms with Gasteiger partial charge in [-0.1, -0.05) is 30.3 Å². The summed E-state index contributed by atoms with van der Waals surface area (Å²) in [5.41, 5.74) is 2.83. The quantitative estimate of drug-likeness (QED) is 0.742. The Morgan fingerprint density at radius 1 is 1.11 bits per heavy atom. The first-order valence-corrected chi connectivity index (χ1v) is 5.82. The number of fused-ring (bicyclic) bond motifs is 1. The standard InChI is InChI=1S/C14H13N3O/c1-16-13(18)10-15-14(11-6-3-2-4-7-11)12-8-5-9-17(12)16/h2-9H,10H2,1H3. The molecule has 4 heteroatoms. The fourth-order valence-electron chi connectivity index (χ4n) is 2.11. The van der Waals surface area contributed by atoms with Crippen LogP contribution in [0.15, 0.2) is 53.7 Å². The van der Waals surface area contributed by atoms with Crippen LogP contribution in [0.4, 0.5) is 0 Å². The molecule has 0 radical (unpaired) electrons. The van der Waals surface area contributed by atoms with Gasteiger partial charge < -0.3 is 0 Å². The molecule has 1 aliphatic rings. The van der Waals surface area contributed by atoms with Crippen LogP contribution in [-0.4, -0.2) is 29.9 Å². The first kappa shape index (κ1) is 10.8. The fraction of sp³-hybridized carbons (Fsp3) is 0.143. The maximum Gasteiger partial charge on any atom is 0.262 e. The maximum absolute atomic E-state index is 11.8. The highest BCUT2D eigenvalue weighted by Gasteiger charge is 2.20. The molecule has 0 N–H and O–H groups in total. The molecule has 3 rings (SSSR count). The van der Waals surface area contributed by atoms with Gasteiger partial charge in [-0.05, 0) is 12.1 Å². The second-order valence-electron chi connectivity index (χ2n) is 4.19. The number of carbonyl (C=O) groups is 1. The minimum Gasteiger partial charge on any atom is -0.272 e. The third-order valence-electron chi connectivity index (χ3n) is 3.07. The van der Waals surface area contributed by atoms with Crippen molar-refractivity contribution in [3.63, 3.8) is 0 Å². The zero-order chi connectivity index (χ0) is 12.5. The van der Waals surface area contributed by atoms with E-state index in [1.807, 2.05) is 53.3 Å². The number of rotatable bonds is 1. The van der Waals surface area contributed by atoms with Crippen LogP contribution in [0.3, 0.4) is 0 Å². The molecule has 0 spiro atoms. The van der Waals surface area contributed by atoms with Crippen molar-refractivity contribution in [1.29, 1.82) is 0 Å². The van der Waals surface area contributed by atoms with Gasteiger partial charge in [0.05, 0.1) is 11.4 Å². The minimum absolute atomic E-state index is 0.0154. The Hall–Kier alpha value is -2.36. The van der Waals surface area contributed by atoms with E-state index in [2.05, 4.69) is 4.99 Å². The highest BCUT2D eigenvalue weighted by atomic mass is 16.2. The highest BCUT2D eigenvalue weighted by Crippen LogP contribution is 2.15. The number of hydrogen-bond donors (Lipinski definition) is 0. The summed E-state index contributed by atoms with van der Waals surface area (Å²) < 4.78 is 1.83. The Kier molecular flexibility index (Phi) is 2.48. The molecule has 0 fully saturated rings. The van der Waals surface area contributed by atoms with Crippen molar-refractivity contribution in [3.05, 3.63) is 59.9 Å². The predicted molar refractivity (Wildman–Crippen MR) is 70.5 cm³/mol. The van der Waals surface area contributed by atoms with Gasteiger partial charge in [-0.3, -0.25) is 19.5 Å². The number of nitrogens with zero attached hydrogens (tertiary/aromatic N) is 3. The van der Waals surface area contributed by atoms with E-state index < -0.39 is 0 Å². The molecule has 4 nitrogen and oxygen atoms in total. The Bertz CT molecular complexity index is 613. The van der Waals surface area contributed by atoms with Crippen molar-refractivity contribution < 1.29 is 4.79 Å². The van der Waals surface area contributed by atoms with Crippen LogP contribution in [0.5, 0.6) is 0 Å². The van der Waals surface area contributed by atoms with Crippen LogP contribution >= 0.6 is 0 Å². The molecule has 0 saturated carbocycles. The van der Waals surface area contributed by atoms with Crippen LogP contribution in [-0.2, 0) is 4.79 Å². The summed E-state index contributed by atoms with van der Waals surface area (Å²) in [5, 5.41) is 1.59. The zero-order valence-electron chi connectivity index (χ0n) is 10.1. The van der Waals surface area contributed by atoms with E-state index in [1.165, 1.54) is 0 Å². The van der Waals surface area contributed by atoms with Crippen molar-refractivity contribution in [2.24, 2.45) is 4.99 Å². The second kappa shape index (κ2) is 4.14. The number of carbonyl (C=O) groups excluding carboxylic acids is 1. The Morgan fingerprint density at radius 2 is 1.89 bits per heavy atom. The SMILES string of the molecule is CN1C(=O)CN=C(c2ccccc2)c2cccn21. The zero-order valence-corrected chi connectivity index (χ0v) is 10.1. The van der Waals surface area contributed by atoms with Gasteiger partial charge in [0, 0.05) is 18.8 Å². The topological polar surface area (TPSA) is 37.6 Å². The largest absolute Gasteiger partial charge is 0.272 e. The van der Waals surface area contributed by atoms with Crippen molar-refractivity contribution in [2.45, 2.75) is 0 Å². The molecule has 0 bridgehead atoms. The number of likely N-dealkylation sites (N-methyl/N-ethyl adjacent to an activating group) is 1. The lowest BCUT2D eigenvalue weighted by molar-refractivity contribution is -0.118. The maximum atomic E-state index is 11.8. The molecule has 1 amide bonds. The summed E-state index contributed by atoms with van der Waals surface area (Å²) in [6.07, 6.45) is 1.87. The van der Waals surface area contributed by atoms with Crippen LogP contribution in [0.25, 0.3) is 0 Å². The Balaban J connectivity index is 2.17. The fourth-order valence-corrected chi connectivity index (χ4v) is 2.11. The first-order chi connectivity index (χ1) is 8.77. The minimum atomic E-state index is -0.0154. The number of amides is 1. The molecular weight excluding hydrogens is 226 g/mol. The lowest BCUT2D eigenvalue weighted by atomic mass is 10.1. The van der Waals surface area contributed by atoms with Crippen LogP contribution in [0.1, 0.15) is 11.3 Å². The summed E-state index contributed by atoms with van der Waals surface area (Å²) in [4.78, 5) is 16.3. The van der Waals surface area contributed by atoms with E-state index in [-0.39, 0.29) is 12.5 Å². The van der Waals surface area contributed by atoms with Crippen molar-refractivity contribution in [2.75, 3.05) is 18.6 Å². The normalized spacial score (nSPS) is 15.1. The molecular formula is C14H13N3O. The van der Waals surface area contributed by atoms with E-state index in [1.54, 1.807) is 12.1 Å². The number of benzene rings is 1. The van der Waals surface area contributed by atoms with Gasteiger partial charge in [-0.2, -0.15) is 0 Å². The second-order valence-corrected chi connectivity index (χ2v) is 4.19. The van der Waals surface area contributed by atoms with E-state index in [0.29, 0.717) is 0 Å². The lowest BCUT2D eigenvalue weighted by Crippen LogP contribution is -2.37. The highest BCUT2D eigenvalue weighted by molar-refractivity contribution is 6.13. The van der Waals surface area contributed by atoms with E-state index in [0.717, 1.165) is 17.0 Å². The number of aromatic nitrogens is 1. The van der Waals surface area contributed by atoms with Crippen molar-refractivity contribution >= 4 is 11.6 Å². The first-order valence-electron chi connectivity index (χ1n) is 5.82. The summed E-state index contributed by atoms with van der Waals surface area (Å²) in [5.74, 6) is -0.0154. The Morgan fingerprint density at radius 3 is 2.67 bits per heavy atom. The van der Waals surface area contributed by atoms with E-state index in [9.17, 15) is 4.79 Å². The smallest absolute Gasteiger partial charge is 0.262 e. The summed E-state index contributed by atoms with van der Waals surface area (Å²) in [7, 11) is 1.76. The molecule has 0 aliphatic carbocycles. The third-order valence-corrected chi connectivity index (χ3v) is 3.07. The van der Waals surface area contributed by atoms with Crippen LogP contribution < -0.4 is 5.01 Å². The van der Waals surface area contributed by atoms with Gasteiger partial charge in [0.25, 0.3) is 5.91 Å². The monoisotopic (exact) mass is 239 g/mol. The molecule has 1 aliphatic heterocycles. The molecule has 18 heavy (non-hydrogen) atoms. The molecule has 90 valence electrons. The van der Waals surface area contributed by atoms with Gasteiger partial charge in [0.15, 0.2) is 0 Å². The number of hydrogen-bond acceptors (Lipinski definition) is 2. The molecule has 1 aromatic carbocycles. The van der Waals surface area contributed by atoms with Crippen molar-refractivity contribution in [3.8, 4) is 0 Å².